The Morgan fingerprint density at radius 2 is 1.28 bits per heavy atom. The van der Waals surface area contributed by atoms with Crippen LogP contribution in [0.1, 0.15) is 29.3 Å². The Bertz CT molecular complexity index is 1320. The van der Waals surface area contributed by atoms with Crippen LogP contribution in [-0.2, 0) is 49.2 Å². The molecule has 3 fully saturated rings. The van der Waals surface area contributed by atoms with Gasteiger partial charge in [0.05, 0.1) is 19.8 Å². The molecule has 43 heavy (non-hydrogen) atoms. The van der Waals surface area contributed by atoms with E-state index in [9.17, 15) is 0 Å². The van der Waals surface area contributed by atoms with Crippen LogP contribution >= 0.6 is 0 Å². The molecule has 226 valence electrons. The van der Waals surface area contributed by atoms with Crippen LogP contribution in [-0.4, -0.2) is 69.5 Å². The van der Waals surface area contributed by atoms with Crippen LogP contribution in [0.25, 0.3) is 0 Å². The van der Waals surface area contributed by atoms with Gasteiger partial charge in [-0.25, -0.2) is 0 Å². The summed E-state index contributed by atoms with van der Waals surface area (Å²) < 4.78 is 56.4. The second kappa shape index (κ2) is 13.4. The normalized spacial score (nSPS) is 35.6. The van der Waals surface area contributed by atoms with E-state index in [0.717, 1.165) is 16.7 Å². The summed E-state index contributed by atoms with van der Waals surface area (Å²) in [5.41, 5.74) is 2.92. The Kier molecular flexibility index (Phi) is 8.94. The lowest BCUT2D eigenvalue weighted by molar-refractivity contribution is -0.382. The van der Waals surface area contributed by atoms with E-state index in [0.29, 0.717) is 19.8 Å². The van der Waals surface area contributed by atoms with Gasteiger partial charge >= 0.3 is 0 Å². The predicted octanol–water partition coefficient (Wildman–Crippen LogP) is 4.84. The molecule has 9 nitrogen and oxygen atoms in total. The maximum absolute atomic E-state index is 6.58. The second-order valence-electron chi connectivity index (χ2n) is 10.9. The predicted molar refractivity (Wildman–Crippen MR) is 153 cm³/mol. The van der Waals surface area contributed by atoms with E-state index in [-0.39, 0.29) is 12.2 Å². The maximum atomic E-state index is 6.58. The molecule has 3 saturated heterocycles. The highest BCUT2D eigenvalue weighted by Gasteiger charge is 2.52. The fourth-order valence-corrected chi connectivity index (χ4v) is 5.88. The average Bonchev–Trinajstić information content (AvgIpc) is 3.08. The largest absolute Gasteiger partial charge is 0.368 e. The minimum atomic E-state index is -0.737. The van der Waals surface area contributed by atoms with Crippen molar-refractivity contribution >= 4 is 0 Å². The Hall–Kier alpha value is -2.96. The van der Waals surface area contributed by atoms with Crippen LogP contribution in [0.15, 0.2) is 103 Å². The van der Waals surface area contributed by atoms with E-state index in [1.165, 1.54) is 0 Å². The quantitative estimate of drug-likeness (QED) is 0.344. The third kappa shape index (κ3) is 6.46. The smallest absolute Gasteiger partial charge is 0.186 e. The molecular formula is C34H36O9. The number of hydrogen-bond acceptors (Lipinski definition) is 9. The van der Waals surface area contributed by atoms with E-state index in [1.54, 1.807) is 7.11 Å². The molecule has 0 N–H and O–H groups in total. The summed E-state index contributed by atoms with van der Waals surface area (Å²) in [6, 6.07) is 29.7. The Labute approximate surface area is 251 Å². The third-order valence-electron chi connectivity index (χ3n) is 8.06. The van der Waals surface area contributed by atoms with Gasteiger partial charge in [0.2, 0.25) is 0 Å². The molecule has 10 atom stereocenters. The zero-order valence-corrected chi connectivity index (χ0v) is 23.9. The van der Waals surface area contributed by atoms with E-state index in [4.69, 9.17) is 42.6 Å². The molecule has 0 aromatic heterocycles. The van der Waals surface area contributed by atoms with Gasteiger partial charge in [-0.05, 0) is 11.6 Å². The van der Waals surface area contributed by atoms with Gasteiger partial charge in [0.15, 0.2) is 25.2 Å². The van der Waals surface area contributed by atoms with Crippen molar-refractivity contribution in [3.05, 3.63) is 120 Å². The molecule has 0 spiro atoms. The van der Waals surface area contributed by atoms with Crippen molar-refractivity contribution < 1.29 is 42.6 Å². The zero-order valence-electron chi connectivity index (χ0n) is 23.9. The first kappa shape index (κ1) is 28.8. The fourth-order valence-electron chi connectivity index (χ4n) is 5.88. The molecule has 4 heterocycles. The van der Waals surface area contributed by atoms with E-state index < -0.39 is 49.6 Å². The number of methoxy groups -OCH3 is 1. The molecule has 0 saturated carbocycles. The summed E-state index contributed by atoms with van der Waals surface area (Å²) in [5, 5.41) is 0. The molecule has 3 aromatic carbocycles. The van der Waals surface area contributed by atoms with Gasteiger partial charge < -0.3 is 42.6 Å². The topological polar surface area (TPSA) is 83.1 Å². The van der Waals surface area contributed by atoms with E-state index >= 15 is 0 Å². The Morgan fingerprint density at radius 3 is 1.95 bits per heavy atom. The lowest BCUT2D eigenvalue weighted by Gasteiger charge is -2.49. The second-order valence-corrected chi connectivity index (χ2v) is 10.9. The first-order valence-corrected chi connectivity index (χ1v) is 14.7. The standard InChI is InChI=1S/C34H36O9/c1-35-34-31(42-28-18-17-25-26(39-28)20-37-32(40-25)23-13-7-3-8-14-23)30(36-19-22-11-5-2-6-12-22)29-27(41-34)21-38-33(43-29)24-15-9-4-10-16-24/h2-18,25-34H,19-21H2,1H3/t25-,26+,27+,28-,29+,30-,31+,32?,33?,34+/m0/s1. The first-order valence-electron chi connectivity index (χ1n) is 14.7. The van der Waals surface area contributed by atoms with Gasteiger partial charge in [0.1, 0.15) is 36.6 Å². The van der Waals surface area contributed by atoms with E-state index in [1.807, 2.05) is 103 Å². The minimum absolute atomic E-state index is 0.264. The highest BCUT2D eigenvalue weighted by molar-refractivity contribution is 5.18. The lowest BCUT2D eigenvalue weighted by Crippen LogP contribution is -2.64. The Morgan fingerprint density at radius 1 is 0.651 bits per heavy atom. The molecule has 2 unspecified atom stereocenters. The summed E-state index contributed by atoms with van der Waals surface area (Å²) in [7, 11) is 1.59. The average molecular weight is 589 g/mol. The van der Waals surface area contributed by atoms with Gasteiger partial charge in [0.25, 0.3) is 0 Å². The van der Waals surface area contributed by atoms with Crippen LogP contribution in [0.3, 0.4) is 0 Å². The van der Waals surface area contributed by atoms with Crippen LogP contribution in [0.4, 0.5) is 0 Å². The van der Waals surface area contributed by atoms with Crippen molar-refractivity contribution in [3.8, 4) is 0 Å². The van der Waals surface area contributed by atoms with Crippen molar-refractivity contribution in [2.75, 3.05) is 20.3 Å². The highest BCUT2D eigenvalue weighted by Crippen LogP contribution is 2.38. The first-order chi connectivity index (χ1) is 21.2. The number of benzene rings is 3. The minimum Gasteiger partial charge on any atom is -0.368 e. The molecular weight excluding hydrogens is 552 g/mol. The maximum Gasteiger partial charge on any atom is 0.186 e. The van der Waals surface area contributed by atoms with Crippen LogP contribution in [0.2, 0.25) is 0 Å². The summed E-state index contributed by atoms with van der Waals surface area (Å²) in [6.07, 6.45) is -1.31. The SMILES string of the molecule is CO[C@@H]1O[C@@H]2COC(c3ccccc3)O[C@H]2[C@H](OCc2ccccc2)[C@H]1O[C@H]1C=C[C@@H]2OC(c3ccccc3)OC[C@H]2O1. The van der Waals surface area contributed by atoms with Crippen molar-refractivity contribution in [2.45, 2.75) is 68.4 Å². The van der Waals surface area contributed by atoms with Crippen molar-refractivity contribution in [3.63, 3.8) is 0 Å². The molecule has 0 radical (unpaired) electrons. The fraction of sp³-hybridized carbons (Fsp3) is 0.412. The molecule has 3 aromatic rings. The van der Waals surface area contributed by atoms with Gasteiger partial charge in [0, 0.05) is 18.2 Å². The molecule has 0 aliphatic carbocycles. The van der Waals surface area contributed by atoms with Crippen LogP contribution in [0.5, 0.6) is 0 Å². The highest BCUT2D eigenvalue weighted by atomic mass is 16.8. The van der Waals surface area contributed by atoms with Gasteiger partial charge in [-0.3, -0.25) is 0 Å². The number of rotatable bonds is 8. The molecule has 0 bridgehead atoms. The monoisotopic (exact) mass is 588 g/mol. The number of fused-ring (bicyclic) bond motifs is 2. The molecule has 9 heteroatoms. The van der Waals surface area contributed by atoms with Crippen LogP contribution < -0.4 is 0 Å². The molecule has 4 aliphatic heterocycles. The Balaban J connectivity index is 1.10. The summed E-state index contributed by atoms with van der Waals surface area (Å²) >= 11 is 0. The number of hydrogen-bond donors (Lipinski definition) is 0. The molecule has 0 amide bonds. The van der Waals surface area contributed by atoms with Crippen molar-refractivity contribution in [2.24, 2.45) is 0 Å². The lowest BCUT2D eigenvalue weighted by atomic mass is 9.97. The van der Waals surface area contributed by atoms with Crippen LogP contribution in [0, 0.1) is 0 Å². The summed E-state index contributed by atoms with van der Waals surface area (Å²) in [5.74, 6) is 0. The summed E-state index contributed by atoms with van der Waals surface area (Å²) in [6.45, 7) is 1.05. The van der Waals surface area contributed by atoms with Gasteiger partial charge in [-0.15, -0.1) is 0 Å². The summed E-state index contributed by atoms with van der Waals surface area (Å²) in [4.78, 5) is 0. The van der Waals surface area contributed by atoms with Crippen molar-refractivity contribution in [1.29, 1.82) is 0 Å². The van der Waals surface area contributed by atoms with Gasteiger partial charge in [-0.2, -0.15) is 0 Å². The van der Waals surface area contributed by atoms with Gasteiger partial charge in [-0.1, -0.05) is 97.1 Å². The van der Waals surface area contributed by atoms with Crippen molar-refractivity contribution in [1.82, 2.24) is 0 Å². The number of ether oxygens (including phenoxy) is 9. The third-order valence-corrected chi connectivity index (χ3v) is 8.06. The molecule has 7 rings (SSSR count). The van der Waals surface area contributed by atoms with E-state index in [2.05, 4.69) is 0 Å². The zero-order chi connectivity index (χ0) is 29.0. The molecule has 4 aliphatic rings.